The zero-order valence-electron chi connectivity index (χ0n) is 11.0. The first-order chi connectivity index (χ1) is 9.51. The molecule has 0 saturated heterocycles. The Morgan fingerprint density at radius 1 is 1.45 bits per heavy atom. The summed E-state index contributed by atoms with van der Waals surface area (Å²) in [5, 5.41) is 3.74. The SMILES string of the molecule is Cc1cnc(C(C)NC(=O)c2cc(Br)cnc2NN)s1. The summed E-state index contributed by atoms with van der Waals surface area (Å²) in [4.78, 5) is 21.7. The number of hydrogen-bond donors (Lipinski definition) is 3. The second kappa shape index (κ2) is 6.29. The molecule has 0 spiro atoms. The Morgan fingerprint density at radius 3 is 2.80 bits per heavy atom. The van der Waals surface area contributed by atoms with Crippen LogP contribution in [0.1, 0.15) is 33.2 Å². The quantitative estimate of drug-likeness (QED) is 0.578. The van der Waals surface area contributed by atoms with Gasteiger partial charge in [0.05, 0.1) is 11.6 Å². The number of rotatable bonds is 4. The summed E-state index contributed by atoms with van der Waals surface area (Å²) in [6, 6.07) is 1.49. The Labute approximate surface area is 128 Å². The molecular weight excluding hydrogens is 342 g/mol. The van der Waals surface area contributed by atoms with E-state index in [-0.39, 0.29) is 11.9 Å². The highest BCUT2D eigenvalue weighted by Gasteiger charge is 2.17. The van der Waals surface area contributed by atoms with Crippen molar-refractivity contribution < 1.29 is 4.79 Å². The molecule has 20 heavy (non-hydrogen) atoms. The van der Waals surface area contributed by atoms with E-state index in [0.29, 0.717) is 15.9 Å². The summed E-state index contributed by atoms with van der Waals surface area (Å²) < 4.78 is 0.708. The van der Waals surface area contributed by atoms with Crippen LogP contribution in [0.5, 0.6) is 0 Å². The summed E-state index contributed by atoms with van der Waals surface area (Å²) >= 11 is 4.84. The van der Waals surface area contributed by atoms with Crippen LogP contribution in [-0.2, 0) is 0 Å². The van der Waals surface area contributed by atoms with Crippen molar-refractivity contribution in [2.24, 2.45) is 5.84 Å². The number of carbonyl (C=O) groups is 1. The molecule has 2 rings (SSSR count). The number of nitrogens with one attached hydrogen (secondary N) is 2. The average molecular weight is 356 g/mol. The van der Waals surface area contributed by atoms with Gasteiger partial charge < -0.3 is 10.7 Å². The zero-order valence-corrected chi connectivity index (χ0v) is 13.4. The largest absolute Gasteiger partial charge is 0.343 e. The molecule has 1 amide bonds. The third-order valence-electron chi connectivity index (χ3n) is 2.59. The molecule has 6 nitrogen and oxygen atoms in total. The number of thiazole rings is 1. The predicted octanol–water partition coefficient (Wildman–Crippen LogP) is 2.39. The molecule has 0 aliphatic heterocycles. The fourth-order valence-electron chi connectivity index (χ4n) is 1.64. The average Bonchev–Trinajstić information content (AvgIpc) is 2.85. The molecule has 0 aliphatic rings. The van der Waals surface area contributed by atoms with Gasteiger partial charge in [0.2, 0.25) is 0 Å². The van der Waals surface area contributed by atoms with Crippen molar-refractivity contribution in [3.63, 3.8) is 0 Å². The van der Waals surface area contributed by atoms with E-state index in [1.54, 1.807) is 29.8 Å². The van der Waals surface area contributed by atoms with Crippen molar-refractivity contribution in [1.29, 1.82) is 0 Å². The molecule has 0 aromatic carbocycles. The number of aryl methyl sites for hydroxylation is 1. The van der Waals surface area contributed by atoms with Crippen molar-refractivity contribution in [3.05, 3.63) is 38.4 Å². The number of hydrogen-bond acceptors (Lipinski definition) is 6. The summed E-state index contributed by atoms with van der Waals surface area (Å²) in [7, 11) is 0. The van der Waals surface area contributed by atoms with Crippen LogP contribution in [0.2, 0.25) is 0 Å². The van der Waals surface area contributed by atoms with Crippen LogP contribution in [-0.4, -0.2) is 15.9 Å². The van der Waals surface area contributed by atoms with E-state index in [1.807, 2.05) is 13.8 Å². The molecule has 2 aromatic rings. The van der Waals surface area contributed by atoms with Gasteiger partial charge in [-0.25, -0.2) is 15.8 Å². The van der Waals surface area contributed by atoms with Gasteiger partial charge >= 0.3 is 0 Å². The summed E-state index contributed by atoms with van der Waals surface area (Å²) in [6.45, 7) is 3.86. The maximum atomic E-state index is 12.3. The molecule has 1 atom stereocenters. The molecule has 2 heterocycles. The van der Waals surface area contributed by atoms with E-state index >= 15 is 0 Å². The van der Waals surface area contributed by atoms with Gasteiger partial charge in [0.1, 0.15) is 5.01 Å². The van der Waals surface area contributed by atoms with Gasteiger partial charge in [-0.1, -0.05) is 0 Å². The van der Waals surface area contributed by atoms with Crippen LogP contribution >= 0.6 is 27.3 Å². The van der Waals surface area contributed by atoms with Crippen LogP contribution in [0.4, 0.5) is 5.82 Å². The highest BCUT2D eigenvalue weighted by molar-refractivity contribution is 9.10. The predicted molar refractivity (Wildman–Crippen MR) is 82.5 cm³/mol. The number of amides is 1. The van der Waals surface area contributed by atoms with E-state index in [0.717, 1.165) is 9.88 Å². The Kier molecular flexibility index (Phi) is 4.69. The second-order valence-corrected chi connectivity index (χ2v) is 6.38. The Morgan fingerprint density at radius 2 is 2.20 bits per heavy atom. The Balaban J connectivity index is 2.18. The first-order valence-electron chi connectivity index (χ1n) is 5.86. The third-order valence-corrected chi connectivity index (χ3v) is 4.12. The van der Waals surface area contributed by atoms with Crippen LogP contribution in [0.3, 0.4) is 0 Å². The number of nitrogens with zero attached hydrogens (tertiary/aromatic N) is 2. The minimum Gasteiger partial charge on any atom is -0.343 e. The normalized spacial score (nSPS) is 12.0. The minimum atomic E-state index is -0.257. The summed E-state index contributed by atoms with van der Waals surface area (Å²) in [5.74, 6) is 5.44. The molecule has 2 aromatic heterocycles. The number of nitrogens with two attached hydrogens (primary N) is 1. The highest BCUT2D eigenvalue weighted by atomic mass is 79.9. The molecule has 0 fully saturated rings. The van der Waals surface area contributed by atoms with Crippen molar-refractivity contribution >= 4 is 39.0 Å². The maximum absolute atomic E-state index is 12.3. The van der Waals surface area contributed by atoms with Gasteiger partial charge in [0.15, 0.2) is 5.82 Å². The van der Waals surface area contributed by atoms with Crippen LogP contribution in [0.25, 0.3) is 0 Å². The van der Waals surface area contributed by atoms with Gasteiger partial charge in [0.25, 0.3) is 5.91 Å². The fourth-order valence-corrected chi connectivity index (χ4v) is 2.74. The number of hydrazine groups is 1. The highest BCUT2D eigenvalue weighted by Crippen LogP contribution is 2.21. The lowest BCUT2D eigenvalue weighted by Gasteiger charge is -2.13. The number of halogens is 1. The lowest BCUT2D eigenvalue weighted by atomic mass is 10.2. The van der Waals surface area contributed by atoms with Gasteiger partial charge in [-0.05, 0) is 35.8 Å². The third kappa shape index (κ3) is 3.33. The molecule has 0 saturated carbocycles. The Bertz CT molecular complexity index is 630. The van der Waals surface area contributed by atoms with Crippen LogP contribution < -0.4 is 16.6 Å². The molecule has 106 valence electrons. The zero-order chi connectivity index (χ0) is 14.7. The van der Waals surface area contributed by atoms with E-state index in [1.165, 1.54) is 0 Å². The number of carbonyl (C=O) groups excluding carboxylic acids is 1. The summed E-state index contributed by atoms with van der Waals surface area (Å²) in [5.41, 5.74) is 2.79. The number of pyridine rings is 1. The van der Waals surface area contributed by atoms with Crippen molar-refractivity contribution in [2.75, 3.05) is 5.43 Å². The van der Waals surface area contributed by atoms with E-state index in [2.05, 4.69) is 36.6 Å². The summed E-state index contributed by atoms with van der Waals surface area (Å²) in [6.07, 6.45) is 3.36. The van der Waals surface area contributed by atoms with E-state index < -0.39 is 0 Å². The molecule has 0 aliphatic carbocycles. The lowest BCUT2D eigenvalue weighted by Crippen LogP contribution is -2.28. The number of nitrogen functional groups attached to an aromatic ring is 1. The minimum absolute atomic E-state index is 0.175. The van der Waals surface area contributed by atoms with Crippen molar-refractivity contribution in [3.8, 4) is 0 Å². The molecule has 4 N–H and O–H groups in total. The second-order valence-electron chi connectivity index (χ2n) is 4.20. The van der Waals surface area contributed by atoms with E-state index in [4.69, 9.17) is 5.84 Å². The topological polar surface area (TPSA) is 92.9 Å². The standard InChI is InChI=1S/C12H14BrN5OS/c1-6-4-16-12(20-6)7(2)17-11(19)9-3-8(13)5-15-10(9)18-14/h3-5,7H,14H2,1-2H3,(H,15,18)(H,17,19). The molecule has 0 bridgehead atoms. The van der Waals surface area contributed by atoms with E-state index in [9.17, 15) is 4.79 Å². The van der Waals surface area contributed by atoms with Gasteiger partial charge in [-0.15, -0.1) is 11.3 Å². The van der Waals surface area contributed by atoms with Gasteiger partial charge in [0, 0.05) is 21.7 Å². The smallest absolute Gasteiger partial charge is 0.255 e. The van der Waals surface area contributed by atoms with Gasteiger partial charge in [-0.3, -0.25) is 4.79 Å². The van der Waals surface area contributed by atoms with Crippen LogP contribution in [0, 0.1) is 6.92 Å². The molecule has 0 radical (unpaired) electrons. The molecular formula is C12H14BrN5OS. The first kappa shape index (κ1) is 14.9. The van der Waals surface area contributed by atoms with Crippen molar-refractivity contribution in [2.45, 2.75) is 19.9 Å². The monoisotopic (exact) mass is 355 g/mol. The first-order valence-corrected chi connectivity index (χ1v) is 7.47. The molecule has 1 unspecified atom stereocenters. The number of aromatic nitrogens is 2. The maximum Gasteiger partial charge on any atom is 0.255 e. The lowest BCUT2D eigenvalue weighted by molar-refractivity contribution is 0.0940. The van der Waals surface area contributed by atoms with Crippen molar-refractivity contribution in [1.82, 2.24) is 15.3 Å². The van der Waals surface area contributed by atoms with Gasteiger partial charge in [-0.2, -0.15) is 0 Å². The Hall–Kier alpha value is -1.51. The number of anilines is 1. The fraction of sp³-hybridized carbons (Fsp3) is 0.250. The molecule has 8 heteroatoms. The van der Waals surface area contributed by atoms with Crippen LogP contribution in [0.15, 0.2) is 22.9 Å².